The molecule has 0 aromatic heterocycles. The van der Waals surface area contributed by atoms with Gasteiger partial charge in [0.25, 0.3) is 0 Å². The number of anilines is 1. The van der Waals surface area contributed by atoms with E-state index in [1.807, 2.05) is 24.3 Å². The van der Waals surface area contributed by atoms with E-state index in [2.05, 4.69) is 10.5 Å². The van der Waals surface area contributed by atoms with Crippen LogP contribution in [0.2, 0.25) is 10.0 Å². The molecule has 0 spiro atoms. The van der Waals surface area contributed by atoms with Gasteiger partial charge in [-0.25, -0.2) is 4.79 Å². The summed E-state index contributed by atoms with van der Waals surface area (Å²) in [7, 11) is 0. The highest BCUT2D eigenvalue weighted by molar-refractivity contribution is 6.31. The minimum Gasteiger partial charge on any atom is -0.478 e. The highest BCUT2D eigenvalue weighted by atomic mass is 35.5. The zero-order valence-corrected chi connectivity index (χ0v) is 15.0. The summed E-state index contributed by atoms with van der Waals surface area (Å²) in [6.45, 7) is 0. The standard InChI is InChI=1S/C20H14Cl2N2O2/c21-16-7-1-13(2-8-16)19(14-3-9-17(22)10-4-14)24-23-18-11-5-15(6-12-18)20(25)26/h1-12,23H,(H,25,26). The summed E-state index contributed by atoms with van der Waals surface area (Å²) in [4.78, 5) is 10.9. The third kappa shape index (κ3) is 4.42. The molecular weight excluding hydrogens is 371 g/mol. The molecule has 3 aromatic rings. The van der Waals surface area contributed by atoms with Crippen molar-refractivity contribution < 1.29 is 9.90 Å². The lowest BCUT2D eigenvalue weighted by Gasteiger charge is -2.09. The number of nitrogens with one attached hydrogen (secondary N) is 1. The van der Waals surface area contributed by atoms with Gasteiger partial charge in [0.15, 0.2) is 0 Å². The van der Waals surface area contributed by atoms with Gasteiger partial charge in [0.1, 0.15) is 0 Å². The Bertz CT molecular complexity index is 888. The second-order valence-corrected chi connectivity index (χ2v) is 6.34. The fraction of sp³-hybridized carbons (Fsp3) is 0. The first-order chi connectivity index (χ1) is 12.5. The lowest BCUT2D eigenvalue weighted by Crippen LogP contribution is -2.06. The van der Waals surface area contributed by atoms with E-state index < -0.39 is 5.97 Å². The Kier molecular flexibility index (Phi) is 5.56. The second kappa shape index (κ2) is 8.04. The fourth-order valence-electron chi connectivity index (χ4n) is 2.32. The van der Waals surface area contributed by atoms with Crippen LogP contribution in [-0.2, 0) is 0 Å². The van der Waals surface area contributed by atoms with Gasteiger partial charge in [-0.3, -0.25) is 5.43 Å². The third-order valence-corrected chi connectivity index (χ3v) is 4.17. The lowest BCUT2D eigenvalue weighted by molar-refractivity contribution is 0.0697. The van der Waals surface area contributed by atoms with Gasteiger partial charge in [-0.15, -0.1) is 0 Å². The Balaban J connectivity index is 1.94. The van der Waals surface area contributed by atoms with Gasteiger partial charge in [-0.05, 0) is 48.5 Å². The molecule has 0 bridgehead atoms. The first kappa shape index (κ1) is 18.0. The van der Waals surface area contributed by atoms with Crippen molar-refractivity contribution >= 4 is 40.6 Å². The van der Waals surface area contributed by atoms with Crippen LogP contribution in [0, 0.1) is 0 Å². The van der Waals surface area contributed by atoms with Crippen molar-refractivity contribution in [1.82, 2.24) is 0 Å². The average molecular weight is 385 g/mol. The quantitative estimate of drug-likeness (QED) is 0.447. The molecule has 0 saturated heterocycles. The van der Waals surface area contributed by atoms with Gasteiger partial charge >= 0.3 is 5.97 Å². The number of hydrogen-bond acceptors (Lipinski definition) is 3. The molecule has 3 rings (SSSR count). The van der Waals surface area contributed by atoms with Crippen molar-refractivity contribution in [3.63, 3.8) is 0 Å². The number of nitrogens with zero attached hydrogens (tertiary/aromatic N) is 1. The van der Waals surface area contributed by atoms with Crippen LogP contribution in [0.1, 0.15) is 21.5 Å². The first-order valence-corrected chi connectivity index (χ1v) is 8.47. The van der Waals surface area contributed by atoms with Gasteiger partial charge in [-0.1, -0.05) is 47.5 Å². The molecule has 0 radical (unpaired) electrons. The summed E-state index contributed by atoms with van der Waals surface area (Å²) >= 11 is 12.0. The van der Waals surface area contributed by atoms with E-state index in [1.165, 1.54) is 12.1 Å². The maximum Gasteiger partial charge on any atom is 0.335 e. The van der Waals surface area contributed by atoms with Crippen LogP contribution in [0.15, 0.2) is 77.9 Å². The molecule has 0 aliphatic heterocycles. The topological polar surface area (TPSA) is 61.7 Å². The minimum absolute atomic E-state index is 0.218. The van der Waals surface area contributed by atoms with E-state index in [0.717, 1.165) is 11.1 Å². The summed E-state index contributed by atoms with van der Waals surface area (Å²) < 4.78 is 0. The maximum atomic E-state index is 10.9. The van der Waals surface area contributed by atoms with Crippen molar-refractivity contribution in [3.8, 4) is 0 Å². The van der Waals surface area contributed by atoms with Crippen LogP contribution in [0.4, 0.5) is 5.69 Å². The van der Waals surface area contributed by atoms with Crippen LogP contribution >= 0.6 is 23.2 Å². The SMILES string of the molecule is O=C(O)c1ccc(NN=C(c2ccc(Cl)cc2)c2ccc(Cl)cc2)cc1. The molecule has 4 nitrogen and oxygen atoms in total. The largest absolute Gasteiger partial charge is 0.478 e. The molecule has 3 aromatic carbocycles. The fourth-order valence-corrected chi connectivity index (χ4v) is 2.57. The summed E-state index contributed by atoms with van der Waals surface area (Å²) in [6, 6.07) is 21.1. The number of carboxylic acid groups (broad SMARTS) is 1. The minimum atomic E-state index is -0.969. The van der Waals surface area contributed by atoms with Crippen LogP contribution in [-0.4, -0.2) is 16.8 Å². The predicted molar refractivity (Wildman–Crippen MR) is 106 cm³/mol. The zero-order chi connectivity index (χ0) is 18.5. The molecular formula is C20H14Cl2N2O2. The van der Waals surface area contributed by atoms with E-state index in [9.17, 15) is 4.79 Å². The highest BCUT2D eigenvalue weighted by Crippen LogP contribution is 2.18. The Morgan fingerprint density at radius 1 is 0.731 bits per heavy atom. The lowest BCUT2D eigenvalue weighted by atomic mass is 10.0. The monoisotopic (exact) mass is 384 g/mol. The van der Waals surface area contributed by atoms with Gasteiger partial charge in [0.2, 0.25) is 0 Å². The highest BCUT2D eigenvalue weighted by Gasteiger charge is 2.08. The van der Waals surface area contributed by atoms with Crippen molar-refractivity contribution in [3.05, 3.63) is 99.5 Å². The van der Waals surface area contributed by atoms with Crippen LogP contribution in [0.25, 0.3) is 0 Å². The number of rotatable bonds is 5. The Morgan fingerprint density at radius 3 is 1.58 bits per heavy atom. The van der Waals surface area contributed by atoms with Crippen LogP contribution in [0.3, 0.4) is 0 Å². The van der Waals surface area contributed by atoms with Gasteiger partial charge in [0.05, 0.1) is 17.0 Å². The smallest absolute Gasteiger partial charge is 0.335 e. The van der Waals surface area contributed by atoms with Crippen molar-refractivity contribution in [2.75, 3.05) is 5.43 Å². The van der Waals surface area contributed by atoms with Crippen molar-refractivity contribution in [2.45, 2.75) is 0 Å². The molecule has 0 heterocycles. The predicted octanol–water partition coefficient (Wildman–Crippen LogP) is 5.56. The van der Waals surface area contributed by atoms with Gasteiger partial charge < -0.3 is 5.11 Å². The number of hydrogen-bond donors (Lipinski definition) is 2. The van der Waals surface area contributed by atoms with E-state index in [-0.39, 0.29) is 5.56 Å². The Labute approximate surface area is 160 Å². The van der Waals surface area contributed by atoms with Crippen LogP contribution in [0.5, 0.6) is 0 Å². The summed E-state index contributed by atoms with van der Waals surface area (Å²) in [6.07, 6.45) is 0. The van der Waals surface area contributed by atoms with Gasteiger partial charge in [0, 0.05) is 21.2 Å². The molecule has 2 N–H and O–H groups in total. The summed E-state index contributed by atoms with van der Waals surface area (Å²) in [5.74, 6) is -0.969. The molecule has 0 saturated carbocycles. The molecule has 0 unspecified atom stereocenters. The number of benzene rings is 3. The number of carboxylic acids is 1. The molecule has 26 heavy (non-hydrogen) atoms. The van der Waals surface area contributed by atoms with E-state index in [0.29, 0.717) is 21.4 Å². The van der Waals surface area contributed by atoms with E-state index in [4.69, 9.17) is 28.3 Å². The number of aromatic carboxylic acids is 1. The Morgan fingerprint density at radius 2 is 1.15 bits per heavy atom. The number of hydrazone groups is 1. The molecule has 0 atom stereocenters. The molecule has 6 heteroatoms. The summed E-state index contributed by atoms with van der Waals surface area (Å²) in [5.41, 5.74) is 6.33. The molecule has 130 valence electrons. The first-order valence-electron chi connectivity index (χ1n) is 7.72. The van der Waals surface area contributed by atoms with Gasteiger partial charge in [-0.2, -0.15) is 5.10 Å². The zero-order valence-electron chi connectivity index (χ0n) is 13.5. The number of carbonyl (C=O) groups is 1. The molecule has 0 amide bonds. The number of halogens is 2. The average Bonchev–Trinajstić information content (AvgIpc) is 2.65. The van der Waals surface area contributed by atoms with E-state index in [1.54, 1.807) is 36.4 Å². The van der Waals surface area contributed by atoms with Crippen LogP contribution < -0.4 is 5.43 Å². The Hall–Kier alpha value is -2.82. The van der Waals surface area contributed by atoms with Crippen molar-refractivity contribution in [1.29, 1.82) is 0 Å². The van der Waals surface area contributed by atoms with E-state index >= 15 is 0 Å². The molecule has 0 fully saturated rings. The molecule has 0 aliphatic carbocycles. The molecule has 0 aliphatic rings. The maximum absolute atomic E-state index is 10.9. The third-order valence-electron chi connectivity index (χ3n) is 3.66. The second-order valence-electron chi connectivity index (χ2n) is 5.47. The van der Waals surface area contributed by atoms with Crippen molar-refractivity contribution in [2.24, 2.45) is 5.10 Å². The normalized spacial score (nSPS) is 10.2. The summed E-state index contributed by atoms with van der Waals surface area (Å²) in [5, 5.41) is 14.7.